The van der Waals surface area contributed by atoms with Crippen molar-refractivity contribution in [1.82, 2.24) is 10.3 Å². The molecule has 20 heavy (non-hydrogen) atoms. The molecule has 0 aromatic carbocycles. The molecule has 0 saturated heterocycles. The van der Waals surface area contributed by atoms with Crippen molar-refractivity contribution in [3.05, 3.63) is 23.9 Å². The number of rotatable bonds is 6. The predicted octanol–water partition coefficient (Wildman–Crippen LogP) is 2.49. The minimum absolute atomic E-state index is 0.187. The maximum Gasteiger partial charge on any atom is 0.128 e. The molecule has 112 valence electrons. The van der Waals surface area contributed by atoms with Gasteiger partial charge in [-0.2, -0.15) is 0 Å². The topological polar surface area (TPSA) is 48.4 Å². The van der Waals surface area contributed by atoms with E-state index in [1.165, 1.54) is 37.7 Å². The maximum absolute atomic E-state index is 9.33. The quantitative estimate of drug-likeness (QED) is 0.839. The second kappa shape index (κ2) is 7.60. The summed E-state index contributed by atoms with van der Waals surface area (Å²) in [5.41, 5.74) is 1.20. The normalized spacial score (nSPS) is 17.9. The number of anilines is 1. The van der Waals surface area contributed by atoms with Crippen molar-refractivity contribution in [1.29, 1.82) is 0 Å². The Hall–Kier alpha value is -1.13. The van der Waals surface area contributed by atoms with Crippen molar-refractivity contribution in [3.63, 3.8) is 0 Å². The summed E-state index contributed by atoms with van der Waals surface area (Å²) in [5.74, 6) is 0.998. The fourth-order valence-corrected chi connectivity index (χ4v) is 2.97. The third-order valence-electron chi connectivity index (χ3n) is 4.35. The van der Waals surface area contributed by atoms with Crippen molar-refractivity contribution in [2.75, 3.05) is 25.1 Å². The summed E-state index contributed by atoms with van der Waals surface area (Å²) in [7, 11) is 1.96. The van der Waals surface area contributed by atoms with Gasteiger partial charge in [-0.15, -0.1) is 0 Å². The minimum atomic E-state index is 0.187. The molecule has 1 unspecified atom stereocenters. The van der Waals surface area contributed by atoms with E-state index >= 15 is 0 Å². The minimum Gasteiger partial charge on any atom is -0.395 e. The Kier molecular flexibility index (Phi) is 5.80. The molecule has 1 aliphatic carbocycles. The highest BCUT2D eigenvalue weighted by Crippen LogP contribution is 2.26. The van der Waals surface area contributed by atoms with Gasteiger partial charge in [0.15, 0.2) is 0 Å². The molecule has 1 atom stereocenters. The Morgan fingerprint density at radius 3 is 2.65 bits per heavy atom. The van der Waals surface area contributed by atoms with Crippen LogP contribution in [0, 0.1) is 0 Å². The molecule has 0 amide bonds. The molecule has 0 spiro atoms. The SMILES string of the molecule is CNC(C)c1ccc(N(CCO)C2CCCCC2)nc1. The molecule has 1 aromatic rings. The van der Waals surface area contributed by atoms with E-state index in [1.807, 2.05) is 13.2 Å². The van der Waals surface area contributed by atoms with Gasteiger partial charge < -0.3 is 15.3 Å². The first-order valence-corrected chi connectivity index (χ1v) is 7.77. The summed E-state index contributed by atoms with van der Waals surface area (Å²) in [6, 6.07) is 5.08. The Balaban J connectivity index is 2.11. The molecule has 1 fully saturated rings. The van der Waals surface area contributed by atoms with E-state index in [0.29, 0.717) is 18.6 Å². The van der Waals surface area contributed by atoms with Crippen LogP contribution in [0.5, 0.6) is 0 Å². The van der Waals surface area contributed by atoms with E-state index in [0.717, 1.165) is 5.82 Å². The van der Waals surface area contributed by atoms with Crippen LogP contribution in [0.25, 0.3) is 0 Å². The van der Waals surface area contributed by atoms with Gasteiger partial charge in [-0.1, -0.05) is 25.3 Å². The smallest absolute Gasteiger partial charge is 0.128 e. The molecule has 1 aliphatic rings. The molecular formula is C16H27N3O. The first kappa shape index (κ1) is 15.3. The van der Waals surface area contributed by atoms with Crippen LogP contribution in [0.2, 0.25) is 0 Å². The van der Waals surface area contributed by atoms with Crippen LogP contribution in [0.3, 0.4) is 0 Å². The second-order valence-electron chi connectivity index (χ2n) is 5.67. The zero-order valence-corrected chi connectivity index (χ0v) is 12.7. The lowest BCUT2D eigenvalue weighted by molar-refractivity contribution is 0.289. The Morgan fingerprint density at radius 1 is 1.35 bits per heavy atom. The zero-order valence-electron chi connectivity index (χ0n) is 12.7. The first-order chi connectivity index (χ1) is 9.76. The van der Waals surface area contributed by atoms with Gasteiger partial charge in [0, 0.05) is 24.8 Å². The third-order valence-corrected chi connectivity index (χ3v) is 4.35. The van der Waals surface area contributed by atoms with Gasteiger partial charge >= 0.3 is 0 Å². The summed E-state index contributed by atoms with van der Waals surface area (Å²) in [6.07, 6.45) is 8.31. The predicted molar refractivity (Wildman–Crippen MR) is 83.0 cm³/mol. The van der Waals surface area contributed by atoms with Gasteiger partial charge in [0.1, 0.15) is 5.82 Å². The highest BCUT2D eigenvalue weighted by atomic mass is 16.3. The molecule has 4 nitrogen and oxygen atoms in total. The molecule has 0 radical (unpaired) electrons. The van der Waals surface area contributed by atoms with Crippen molar-refractivity contribution in [2.45, 2.75) is 51.1 Å². The Labute approximate surface area is 122 Å². The lowest BCUT2D eigenvalue weighted by atomic mass is 9.94. The fraction of sp³-hybridized carbons (Fsp3) is 0.688. The van der Waals surface area contributed by atoms with Gasteiger partial charge in [-0.3, -0.25) is 0 Å². The molecule has 2 rings (SSSR count). The van der Waals surface area contributed by atoms with Crippen molar-refractivity contribution in [3.8, 4) is 0 Å². The molecule has 2 N–H and O–H groups in total. The van der Waals surface area contributed by atoms with Crippen molar-refractivity contribution >= 4 is 5.82 Å². The van der Waals surface area contributed by atoms with Crippen LogP contribution in [0.15, 0.2) is 18.3 Å². The lowest BCUT2D eigenvalue weighted by Crippen LogP contribution is -2.39. The van der Waals surface area contributed by atoms with Crippen LogP contribution in [-0.2, 0) is 0 Å². The molecule has 1 saturated carbocycles. The molecular weight excluding hydrogens is 250 g/mol. The van der Waals surface area contributed by atoms with Crippen molar-refractivity contribution in [2.24, 2.45) is 0 Å². The number of nitrogens with zero attached hydrogens (tertiary/aromatic N) is 2. The number of aliphatic hydroxyl groups is 1. The van der Waals surface area contributed by atoms with Crippen LogP contribution >= 0.6 is 0 Å². The van der Waals surface area contributed by atoms with Gasteiger partial charge in [0.05, 0.1) is 6.61 Å². The number of hydrogen-bond acceptors (Lipinski definition) is 4. The van der Waals surface area contributed by atoms with Gasteiger partial charge in [-0.25, -0.2) is 4.98 Å². The average Bonchev–Trinajstić information content (AvgIpc) is 2.53. The van der Waals surface area contributed by atoms with Crippen LogP contribution in [0.4, 0.5) is 5.82 Å². The highest BCUT2D eigenvalue weighted by molar-refractivity contribution is 5.41. The van der Waals surface area contributed by atoms with Gasteiger partial charge in [0.2, 0.25) is 0 Å². The number of aliphatic hydroxyl groups excluding tert-OH is 1. The summed E-state index contributed by atoms with van der Waals surface area (Å²) in [4.78, 5) is 6.90. The van der Waals surface area contributed by atoms with E-state index in [1.54, 1.807) is 0 Å². The monoisotopic (exact) mass is 277 g/mol. The molecule has 1 heterocycles. The average molecular weight is 277 g/mol. The van der Waals surface area contributed by atoms with E-state index < -0.39 is 0 Å². The van der Waals surface area contributed by atoms with E-state index in [2.05, 4.69) is 34.3 Å². The second-order valence-corrected chi connectivity index (χ2v) is 5.67. The van der Waals surface area contributed by atoms with Crippen LogP contribution in [-0.4, -0.2) is 36.3 Å². The van der Waals surface area contributed by atoms with Crippen LogP contribution in [0.1, 0.15) is 50.6 Å². The van der Waals surface area contributed by atoms with Crippen molar-refractivity contribution < 1.29 is 5.11 Å². The fourth-order valence-electron chi connectivity index (χ4n) is 2.97. The van der Waals surface area contributed by atoms with Crippen LogP contribution < -0.4 is 10.2 Å². The number of pyridine rings is 1. The Bertz CT molecular complexity index is 387. The number of aromatic nitrogens is 1. The van der Waals surface area contributed by atoms with Gasteiger partial charge in [0.25, 0.3) is 0 Å². The highest BCUT2D eigenvalue weighted by Gasteiger charge is 2.21. The summed E-state index contributed by atoms with van der Waals surface area (Å²) in [6.45, 7) is 2.99. The van der Waals surface area contributed by atoms with E-state index in [-0.39, 0.29) is 6.61 Å². The van der Waals surface area contributed by atoms with E-state index in [9.17, 15) is 5.11 Å². The van der Waals surface area contributed by atoms with E-state index in [4.69, 9.17) is 0 Å². The number of hydrogen-bond donors (Lipinski definition) is 2. The maximum atomic E-state index is 9.33. The number of nitrogens with one attached hydrogen (secondary N) is 1. The molecule has 4 heteroatoms. The van der Waals surface area contributed by atoms with Gasteiger partial charge in [-0.05, 0) is 38.4 Å². The molecule has 1 aromatic heterocycles. The summed E-state index contributed by atoms with van der Waals surface area (Å²) < 4.78 is 0. The molecule has 0 bridgehead atoms. The summed E-state index contributed by atoms with van der Waals surface area (Å²) >= 11 is 0. The first-order valence-electron chi connectivity index (χ1n) is 7.77. The lowest BCUT2D eigenvalue weighted by Gasteiger charge is -2.35. The summed E-state index contributed by atoms with van der Waals surface area (Å²) in [5, 5.41) is 12.6. The standard InChI is InChI=1S/C16H27N3O/c1-13(17-2)14-8-9-16(18-12-14)19(10-11-20)15-6-4-3-5-7-15/h8-9,12-13,15,17,20H,3-7,10-11H2,1-2H3. The Morgan fingerprint density at radius 2 is 2.10 bits per heavy atom. The largest absolute Gasteiger partial charge is 0.395 e. The zero-order chi connectivity index (χ0) is 14.4. The molecule has 0 aliphatic heterocycles. The third kappa shape index (κ3) is 3.70.